The van der Waals surface area contributed by atoms with Gasteiger partial charge in [0, 0.05) is 18.5 Å². The summed E-state index contributed by atoms with van der Waals surface area (Å²) in [7, 11) is 0. The maximum atomic E-state index is 12.2. The van der Waals surface area contributed by atoms with Crippen molar-refractivity contribution in [2.45, 2.75) is 39.3 Å². The van der Waals surface area contributed by atoms with E-state index in [0.29, 0.717) is 19.5 Å². The number of fused-ring (bicyclic) bond motifs is 1. The van der Waals surface area contributed by atoms with E-state index in [1.165, 1.54) is 0 Å². The van der Waals surface area contributed by atoms with Crippen molar-refractivity contribution in [3.8, 4) is 11.3 Å². The van der Waals surface area contributed by atoms with Crippen molar-refractivity contribution >= 4 is 6.09 Å². The van der Waals surface area contributed by atoms with Gasteiger partial charge in [0.05, 0.1) is 17.9 Å². The van der Waals surface area contributed by atoms with Crippen molar-refractivity contribution in [2.75, 3.05) is 6.54 Å². The summed E-state index contributed by atoms with van der Waals surface area (Å²) in [4.78, 5) is 14.0. The van der Waals surface area contributed by atoms with Crippen LogP contribution < -0.4 is 0 Å². The van der Waals surface area contributed by atoms with Gasteiger partial charge in [0.2, 0.25) is 0 Å². The number of carbonyl (C=O) groups is 1. The largest absolute Gasteiger partial charge is 0.444 e. The summed E-state index contributed by atoms with van der Waals surface area (Å²) in [6.45, 7) is 6.76. The Kier molecular flexibility index (Phi) is 4.03. The molecule has 3 rings (SSSR count). The number of amides is 1. The first-order valence-electron chi connectivity index (χ1n) is 7.81. The molecule has 0 saturated carbocycles. The number of hydrogen-bond donors (Lipinski definition) is 0. The Morgan fingerprint density at radius 1 is 1.17 bits per heavy atom. The zero-order chi connectivity index (χ0) is 16.4. The highest BCUT2D eigenvalue weighted by Crippen LogP contribution is 2.23. The summed E-state index contributed by atoms with van der Waals surface area (Å²) in [6.07, 6.45) is 0.428. The number of nitrogens with zero attached hydrogens (tertiary/aromatic N) is 3. The molecule has 0 N–H and O–H groups in total. The SMILES string of the molecule is CC(C)(C)OC(=O)N1CCc2nnc(-c3ccccc3)cc2C1. The lowest BCUT2D eigenvalue weighted by Crippen LogP contribution is -2.40. The summed E-state index contributed by atoms with van der Waals surface area (Å²) in [5.74, 6) is 0. The lowest BCUT2D eigenvalue weighted by atomic mass is 10.0. The van der Waals surface area contributed by atoms with E-state index >= 15 is 0 Å². The van der Waals surface area contributed by atoms with Crippen LogP contribution in [0.4, 0.5) is 4.79 Å². The summed E-state index contributed by atoms with van der Waals surface area (Å²) < 4.78 is 5.46. The molecule has 23 heavy (non-hydrogen) atoms. The Bertz CT molecular complexity index is 708. The number of ether oxygens (including phenoxy) is 1. The van der Waals surface area contributed by atoms with Gasteiger partial charge in [-0.15, -0.1) is 0 Å². The van der Waals surface area contributed by atoms with E-state index in [1.54, 1.807) is 4.90 Å². The second-order valence-electron chi connectivity index (χ2n) is 6.72. The van der Waals surface area contributed by atoms with Gasteiger partial charge in [0.15, 0.2) is 0 Å². The zero-order valence-corrected chi connectivity index (χ0v) is 13.7. The Balaban J connectivity index is 1.81. The summed E-state index contributed by atoms with van der Waals surface area (Å²) >= 11 is 0. The first-order valence-corrected chi connectivity index (χ1v) is 7.81. The molecule has 0 atom stereocenters. The Labute approximate surface area is 136 Å². The Morgan fingerprint density at radius 2 is 1.91 bits per heavy atom. The van der Waals surface area contributed by atoms with E-state index < -0.39 is 5.60 Å². The van der Waals surface area contributed by atoms with E-state index in [9.17, 15) is 4.79 Å². The van der Waals surface area contributed by atoms with Gasteiger partial charge < -0.3 is 9.64 Å². The molecule has 120 valence electrons. The molecular weight excluding hydrogens is 290 g/mol. The maximum Gasteiger partial charge on any atom is 0.410 e. The molecule has 0 fully saturated rings. The van der Waals surface area contributed by atoms with Crippen LogP contribution in [-0.2, 0) is 17.7 Å². The Hall–Kier alpha value is -2.43. The minimum atomic E-state index is -0.483. The van der Waals surface area contributed by atoms with Crippen LogP contribution in [0.2, 0.25) is 0 Å². The van der Waals surface area contributed by atoms with Crippen molar-refractivity contribution in [2.24, 2.45) is 0 Å². The van der Waals surface area contributed by atoms with Crippen LogP contribution in [0.3, 0.4) is 0 Å². The van der Waals surface area contributed by atoms with Crippen molar-refractivity contribution in [3.63, 3.8) is 0 Å². The van der Waals surface area contributed by atoms with Crippen LogP contribution in [0.1, 0.15) is 32.0 Å². The second kappa shape index (κ2) is 5.99. The third kappa shape index (κ3) is 3.67. The molecule has 0 bridgehead atoms. The molecule has 2 aromatic rings. The predicted molar refractivity (Wildman–Crippen MR) is 87.8 cm³/mol. The van der Waals surface area contributed by atoms with Gasteiger partial charge in [-0.25, -0.2) is 4.79 Å². The number of carbonyl (C=O) groups excluding carboxylic acids is 1. The minimum Gasteiger partial charge on any atom is -0.444 e. The van der Waals surface area contributed by atoms with Crippen LogP contribution in [0.25, 0.3) is 11.3 Å². The van der Waals surface area contributed by atoms with Crippen LogP contribution in [0.15, 0.2) is 36.4 Å². The number of aromatic nitrogens is 2. The number of benzene rings is 1. The molecule has 0 unspecified atom stereocenters. The second-order valence-corrected chi connectivity index (χ2v) is 6.72. The van der Waals surface area contributed by atoms with E-state index in [-0.39, 0.29) is 6.09 Å². The lowest BCUT2D eigenvalue weighted by molar-refractivity contribution is 0.0222. The molecule has 5 heteroatoms. The van der Waals surface area contributed by atoms with Crippen LogP contribution in [-0.4, -0.2) is 33.3 Å². The monoisotopic (exact) mass is 311 g/mol. The first kappa shape index (κ1) is 15.5. The molecule has 0 saturated heterocycles. The highest BCUT2D eigenvalue weighted by molar-refractivity contribution is 5.69. The fourth-order valence-corrected chi connectivity index (χ4v) is 2.56. The van der Waals surface area contributed by atoms with Gasteiger partial charge in [0.1, 0.15) is 5.60 Å². The van der Waals surface area contributed by atoms with E-state index in [0.717, 1.165) is 22.5 Å². The molecule has 5 nitrogen and oxygen atoms in total. The molecule has 0 aliphatic carbocycles. The highest BCUT2D eigenvalue weighted by Gasteiger charge is 2.26. The third-order valence-electron chi connectivity index (χ3n) is 3.66. The zero-order valence-electron chi connectivity index (χ0n) is 13.7. The minimum absolute atomic E-state index is 0.277. The predicted octanol–water partition coefficient (Wildman–Crippen LogP) is 3.44. The molecule has 2 heterocycles. The van der Waals surface area contributed by atoms with E-state index in [1.807, 2.05) is 57.2 Å². The standard InChI is InChI=1S/C18H21N3O2/c1-18(2,3)23-17(22)21-10-9-15-14(12-21)11-16(20-19-15)13-7-5-4-6-8-13/h4-8,11H,9-10,12H2,1-3H3. The van der Waals surface area contributed by atoms with Gasteiger partial charge in [-0.2, -0.15) is 10.2 Å². The number of rotatable bonds is 1. The van der Waals surface area contributed by atoms with Crippen molar-refractivity contribution in [3.05, 3.63) is 47.7 Å². The van der Waals surface area contributed by atoms with Gasteiger partial charge in [-0.1, -0.05) is 30.3 Å². The summed E-state index contributed by atoms with van der Waals surface area (Å²) in [5.41, 5.74) is 3.37. The fraction of sp³-hybridized carbons (Fsp3) is 0.389. The lowest BCUT2D eigenvalue weighted by Gasteiger charge is -2.30. The van der Waals surface area contributed by atoms with Crippen LogP contribution in [0, 0.1) is 0 Å². The molecule has 1 aromatic heterocycles. The quantitative estimate of drug-likeness (QED) is 0.809. The molecular formula is C18H21N3O2. The molecule has 1 aromatic carbocycles. The average molecular weight is 311 g/mol. The molecule has 1 aliphatic rings. The van der Waals surface area contributed by atoms with E-state index in [4.69, 9.17) is 4.74 Å². The highest BCUT2D eigenvalue weighted by atomic mass is 16.6. The molecule has 1 aliphatic heterocycles. The summed E-state index contributed by atoms with van der Waals surface area (Å²) in [6, 6.07) is 12.0. The van der Waals surface area contributed by atoms with Gasteiger partial charge in [-0.05, 0) is 32.4 Å². The van der Waals surface area contributed by atoms with Crippen molar-refractivity contribution in [1.29, 1.82) is 0 Å². The smallest absolute Gasteiger partial charge is 0.410 e. The first-order chi connectivity index (χ1) is 10.9. The number of hydrogen-bond acceptors (Lipinski definition) is 4. The van der Waals surface area contributed by atoms with Crippen molar-refractivity contribution < 1.29 is 9.53 Å². The average Bonchev–Trinajstić information content (AvgIpc) is 2.53. The topological polar surface area (TPSA) is 55.3 Å². The van der Waals surface area contributed by atoms with E-state index in [2.05, 4.69) is 10.2 Å². The van der Waals surface area contributed by atoms with Gasteiger partial charge in [-0.3, -0.25) is 0 Å². The molecule has 0 spiro atoms. The fourth-order valence-electron chi connectivity index (χ4n) is 2.56. The van der Waals surface area contributed by atoms with Gasteiger partial charge in [0.25, 0.3) is 0 Å². The van der Waals surface area contributed by atoms with Crippen LogP contribution in [0.5, 0.6) is 0 Å². The normalized spacial score (nSPS) is 14.3. The molecule has 0 radical (unpaired) electrons. The van der Waals surface area contributed by atoms with Crippen molar-refractivity contribution in [1.82, 2.24) is 15.1 Å². The van der Waals surface area contributed by atoms with Gasteiger partial charge >= 0.3 is 6.09 Å². The van der Waals surface area contributed by atoms with Crippen LogP contribution >= 0.6 is 0 Å². The molecule has 1 amide bonds. The summed E-state index contributed by atoms with van der Waals surface area (Å²) in [5, 5.41) is 8.64. The Morgan fingerprint density at radius 3 is 2.61 bits per heavy atom. The third-order valence-corrected chi connectivity index (χ3v) is 3.66. The maximum absolute atomic E-state index is 12.2.